The van der Waals surface area contributed by atoms with E-state index in [4.69, 9.17) is 0 Å². The summed E-state index contributed by atoms with van der Waals surface area (Å²) in [6, 6.07) is 17.2. The molecule has 2 N–H and O–H groups in total. The molecule has 0 atom stereocenters. The van der Waals surface area contributed by atoms with Crippen LogP contribution in [-0.4, -0.2) is 26.4 Å². The maximum absolute atomic E-state index is 12.9. The fourth-order valence-electron chi connectivity index (χ4n) is 3.54. The minimum atomic E-state index is -0.280. The first-order valence-corrected chi connectivity index (χ1v) is 9.31. The van der Waals surface area contributed by atoms with Gasteiger partial charge >= 0.3 is 0 Å². The molecule has 0 unspecified atom stereocenters. The molecule has 0 fully saturated rings. The third-order valence-electron chi connectivity index (χ3n) is 4.97. The molecule has 0 saturated heterocycles. The average Bonchev–Trinajstić information content (AvgIpc) is 3.19. The van der Waals surface area contributed by atoms with Gasteiger partial charge in [-0.2, -0.15) is 5.10 Å². The Balaban J connectivity index is 1.46. The smallest absolute Gasteiger partial charge is 0.261 e. The third kappa shape index (κ3) is 3.12. The molecule has 2 amide bonds. The van der Waals surface area contributed by atoms with E-state index >= 15 is 0 Å². The van der Waals surface area contributed by atoms with E-state index in [0.29, 0.717) is 29.7 Å². The molecule has 0 spiro atoms. The summed E-state index contributed by atoms with van der Waals surface area (Å²) < 4.78 is 1.67. The van der Waals surface area contributed by atoms with Crippen molar-refractivity contribution in [1.29, 1.82) is 0 Å². The molecule has 0 saturated carbocycles. The van der Waals surface area contributed by atoms with Crippen molar-refractivity contribution in [3.63, 3.8) is 0 Å². The van der Waals surface area contributed by atoms with Crippen LogP contribution in [0.15, 0.2) is 67.0 Å². The molecule has 0 bridgehead atoms. The monoisotopic (exact) mass is 383 g/mol. The number of anilines is 2. The molecule has 1 aliphatic rings. The molecule has 7 heteroatoms. The number of hydrogen-bond acceptors (Lipinski definition) is 4. The highest BCUT2D eigenvalue weighted by Gasteiger charge is 2.18. The van der Waals surface area contributed by atoms with Crippen LogP contribution in [0.25, 0.3) is 16.9 Å². The molecule has 7 nitrogen and oxygen atoms in total. The topological polar surface area (TPSA) is 88.4 Å². The Kier molecular flexibility index (Phi) is 4.05. The fraction of sp³-hybridized carbons (Fsp3) is 0.0909. The van der Waals surface area contributed by atoms with Crippen LogP contribution in [0.4, 0.5) is 11.4 Å². The van der Waals surface area contributed by atoms with Gasteiger partial charge in [0.2, 0.25) is 5.91 Å². The highest BCUT2D eigenvalue weighted by Crippen LogP contribution is 2.26. The lowest BCUT2D eigenvalue weighted by Gasteiger charge is -2.17. The van der Waals surface area contributed by atoms with Crippen molar-refractivity contribution in [2.75, 3.05) is 10.6 Å². The van der Waals surface area contributed by atoms with Gasteiger partial charge in [-0.15, -0.1) is 0 Å². The number of carbonyl (C=O) groups is 2. The van der Waals surface area contributed by atoms with Crippen LogP contribution < -0.4 is 10.6 Å². The molecule has 29 heavy (non-hydrogen) atoms. The number of nitrogens with one attached hydrogen (secondary N) is 2. The Morgan fingerprint density at radius 1 is 1.07 bits per heavy atom. The van der Waals surface area contributed by atoms with Crippen LogP contribution >= 0.6 is 0 Å². The first-order valence-electron chi connectivity index (χ1n) is 9.31. The zero-order chi connectivity index (χ0) is 19.8. The number of amides is 2. The van der Waals surface area contributed by atoms with Gasteiger partial charge in [0.15, 0.2) is 5.65 Å². The first kappa shape index (κ1) is 17.1. The van der Waals surface area contributed by atoms with Crippen molar-refractivity contribution >= 4 is 28.8 Å². The lowest BCUT2D eigenvalue weighted by Crippen LogP contribution is -2.19. The van der Waals surface area contributed by atoms with E-state index in [-0.39, 0.29) is 11.8 Å². The van der Waals surface area contributed by atoms with Crippen molar-refractivity contribution in [1.82, 2.24) is 14.6 Å². The predicted molar refractivity (Wildman–Crippen MR) is 110 cm³/mol. The molecule has 1 aliphatic heterocycles. The van der Waals surface area contributed by atoms with Crippen molar-refractivity contribution in [3.8, 4) is 11.3 Å². The van der Waals surface area contributed by atoms with E-state index < -0.39 is 0 Å². The molecule has 0 aliphatic carbocycles. The van der Waals surface area contributed by atoms with Crippen molar-refractivity contribution in [2.45, 2.75) is 12.8 Å². The predicted octanol–water partition coefficient (Wildman–Crippen LogP) is 3.53. The van der Waals surface area contributed by atoms with Gasteiger partial charge in [0.05, 0.1) is 11.9 Å². The number of rotatable bonds is 3. The molecular weight excluding hydrogens is 366 g/mol. The van der Waals surface area contributed by atoms with Gasteiger partial charge in [0, 0.05) is 29.6 Å². The molecule has 5 rings (SSSR count). The second-order valence-corrected chi connectivity index (χ2v) is 6.86. The quantitative estimate of drug-likeness (QED) is 0.566. The Morgan fingerprint density at radius 3 is 2.79 bits per heavy atom. The van der Waals surface area contributed by atoms with Gasteiger partial charge in [0.1, 0.15) is 5.56 Å². The van der Waals surface area contributed by atoms with E-state index in [1.165, 1.54) is 6.20 Å². The summed E-state index contributed by atoms with van der Waals surface area (Å²) in [4.78, 5) is 28.7. The molecule has 3 heterocycles. The maximum atomic E-state index is 12.9. The van der Waals surface area contributed by atoms with Crippen molar-refractivity contribution < 1.29 is 9.59 Å². The number of nitrogens with zero attached hydrogens (tertiary/aromatic N) is 3. The minimum Gasteiger partial charge on any atom is -0.326 e. The standard InChI is InChI=1S/C22H17N5O2/c28-20-9-6-15-12-16(7-8-18(15)26-20)25-22(29)17-13-24-27-19(10-11-23-21(17)27)14-4-2-1-3-5-14/h1-5,7-8,10-13H,6,9H2,(H,25,29)(H,26,28). The number of aryl methyl sites for hydroxylation is 1. The summed E-state index contributed by atoms with van der Waals surface area (Å²) in [5.74, 6) is -0.265. The summed E-state index contributed by atoms with van der Waals surface area (Å²) in [6.07, 6.45) is 4.31. The van der Waals surface area contributed by atoms with Gasteiger partial charge in [-0.3, -0.25) is 9.59 Å². The SMILES string of the molecule is O=C1CCc2cc(NC(=O)c3cnn4c(-c5ccccc5)ccnc34)ccc2N1. The van der Waals surface area contributed by atoms with Gasteiger partial charge < -0.3 is 10.6 Å². The number of carbonyl (C=O) groups excluding carboxylic acids is 2. The number of fused-ring (bicyclic) bond motifs is 2. The Hall–Kier alpha value is -4.00. The Morgan fingerprint density at radius 2 is 1.93 bits per heavy atom. The fourth-order valence-corrected chi connectivity index (χ4v) is 3.54. The highest BCUT2D eigenvalue weighted by molar-refractivity contribution is 6.08. The molecular formula is C22H17N5O2. The van der Waals surface area contributed by atoms with E-state index in [2.05, 4.69) is 20.7 Å². The number of benzene rings is 2. The largest absolute Gasteiger partial charge is 0.326 e. The van der Waals surface area contributed by atoms with Crippen LogP contribution in [0.1, 0.15) is 22.3 Å². The summed E-state index contributed by atoms with van der Waals surface area (Å²) in [5, 5.41) is 10.1. The van der Waals surface area contributed by atoms with Gasteiger partial charge in [0.25, 0.3) is 5.91 Å². The number of hydrogen-bond donors (Lipinski definition) is 2. The van der Waals surface area contributed by atoms with Crippen molar-refractivity contribution in [3.05, 3.63) is 78.1 Å². The second kappa shape index (κ2) is 6.87. The molecule has 2 aromatic carbocycles. The van der Waals surface area contributed by atoms with E-state index in [1.807, 2.05) is 48.5 Å². The minimum absolute atomic E-state index is 0.0148. The molecule has 2 aromatic heterocycles. The maximum Gasteiger partial charge on any atom is 0.261 e. The normalized spacial score (nSPS) is 13.0. The van der Waals surface area contributed by atoms with E-state index in [1.54, 1.807) is 16.8 Å². The van der Waals surface area contributed by atoms with Gasteiger partial charge in [-0.1, -0.05) is 30.3 Å². The summed E-state index contributed by atoms with van der Waals surface area (Å²) >= 11 is 0. The highest BCUT2D eigenvalue weighted by atomic mass is 16.2. The zero-order valence-corrected chi connectivity index (χ0v) is 15.4. The molecule has 0 radical (unpaired) electrons. The average molecular weight is 383 g/mol. The molecule has 4 aromatic rings. The first-order chi connectivity index (χ1) is 14.2. The van der Waals surface area contributed by atoms with E-state index in [0.717, 1.165) is 22.5 Å². The molecule has 142 valence electrons. The third-order valence-corrected chi connectivity index (χ3v) is 4.97. The van der Waals surface area contributed by atoms with Crippen molar-refractivity contribution in [2.24, 2.45) is 0 Å². The van der Waals surface area contributed by atoms with Crippen LogP contribution in [-0.2, 0) is 11.2 Å². The van der Waals surface area contributed by atoms with Gasteiger partial charge in [-0.05, 0) is 36.2 Å². The van der Waals surface area contributed by atoms with Gasteiger partial charge in [-0.25, -0.2) is 9.50 Å². The summed E-state index contributed by atoms with van der Waals surface area (Å²) in [7, 11) is 0. The van der Waals surface area contributed by atoms with E-state index in [9.17, 15) is 9.59 Å². The van der Waals surface area contributed by atoms with Crippen LogP contribution in [0.3, 0.4) is 0 Å². The lowest BCUT2D eigenvalue weighted by molar-refractivity contribution is -0.116. The lowest BCUT2D eigenvalue weighted by atomic mass is 10.0. The number of aromatic nitrogens is 3. The van der Waals surface area contributed by atoms with Crippen LogP contribution in [0, 0.1) is 0 Å². The van der Waals surface area contributed by atoms with Crippen LogP contribution in [0.5, 0.6) is 0 Å². The Bertz CT molecular complexity index is 1250. The zero-order valence-electron chi connectivity index (χ0n) is 15.4. The summed E-state index contributed by atoms with van der Waals surface area (Å²) in [5.41, 5.74) is 5.22. The second-order valence-electron chi connectivity index (χ2n) is 6.86. The summed E-state index contributed by atoms with van der Waals surface area (Å²) in [6.45, 7) is 0. The Labute approximate surface area is 166 Å². The van der Waals surface area contributed by atoms with Crippen LogP contribution in [0.2, 0.25) is 0 Å².